The first-order valence-corrected chi connectivity index (χ1v) is 10.0. The number of rotatable bonds is 12. The lowest BCUT2D eigenvalue weighted by Crippen LogP contribution is -2.30. The van der Waals surface area contributed by atoms with Gasteiger partial charge in [0.05, 0.1) is 14.2 Å². The van der Waals surface area contributed by atoms with Crippen LogP contribution in [0.5, 0.6) is 11.5 Å². The largest absolute Gasteiger partial charge is 0.497 e. The summed E-state index contributed by atoms with van der Waals surface area (Å²) in [4.78, 5) is 25.2. The van der Waals surface area contributed by atoms with Crippen LogP contribution in [0.25, 0.3) is 0 Å². The molecule has 2 aromatic rings. The zero-order chi connectivity index (χ0) is 21.8. The van der Waals surface area contributed by atoms with E-state index < -0.39 is 6.09 Å². The molecular formula is C23H30N2O5. The Bertz CT molecular complexity index is 741. The lowest BCUT2D eigenvalue weighted by Gasteiger charge is -2.23. The molecule has 0 fully saturated rings. The van der Waals surface area contributed by atoms with Gasteiger partial charge >= 0.3 is 6.09 Å². The molecule has 2 N–H and O–H groups in total. The minimum Gasteiger partial charge on any atom is -0.497 e. The molecule has 0 unspecified atom stereocenters. The summed E-state index contributed by atoms with van der Waals surface area (Å²) in [6.45, 7) is 1.43. The number of carboxylic acid groups (broad SMARTS) is 1. The van der Waals surface area contributed by atoms with Crippen LogP contribution >= 0.6 is 0 Å². The Kier molecular flexibility index (Phi) is 9.51. The van der Waals surface area contributed by atoms with Gasteiger partial charge in [0.2, 0.25) is 5.91 Å². The van der Waals surface area contributed by atoms with E-state index in [4.69, 9.17) is 14.6 Å². The van der Waals surface area contributed by atoms with Crippen molar-refractivity contribution in [3.05, 3.63) is 59.7 Å². The topological polar surface area (TPSA) is 88.1 Å². The fourth-order valence-corrected chi connectivity index (χ4v) is 3.07. The molecule has 0 saturated carbocycles. The van der Waals surface area contributed by atoms with Gasteiger partial charge in [0.1, 0.15) is 11.5 Å². The molecule has 2 aromatic carbocycles. The van der Waals surface area contributed by atoms with Crippen LogP contribution in [-0.2, 0) is 17.9 Å². The van der Waals surface area contributed by atoms with Gasteiger partial charge in [0, 0.05) is 26.1 Å². The number of ether oxygens (including phenoxy) is 2. The molecule has 0 heterocycles. The van der Waals surface area contributed by atoms with Gasteiger partial charge in [-0.05, 0) is 48.2 Å². The minimum absolute atomic E-state index is 0.0767. The fourth-order valence-electron chi connectivity index (χ4n) is 3.07. The van der Waals surface area contributed by atoms with Crippen molar-refractivity contribution >= 4 is 12.0 Å². The quantitative estimate of drug-likeness (QED) is 0.512. The molecule has 0 aromatic heterocycles. The predicted molar refractivity (Wildman–Crippen MR) is 115 cm³/mol. The van der Waals surface area contributed by atoms with Crippen LogP contribution in [-0.4, -0.2) is 42.8 Å². The highest BCUT2D eigenvalue weighted by molar-refractivity contribution is 5.76. The van der Waals surface area contributed by atoms with E-state index in [1.54, 1.807) is 14.2 Å². The van der Waals surface area contributed by atoms with Crippen LogP contribution < -0.4 is 14.8 Å². The van der Waals surface area contributed by atoms with Gasteiger partial charge in [0.15, 0.2) is 0 Å². The SMILES string of the molecule is COc1ccc(CN(Cc2ccc(OC)cc2)C(=O)CCCCCNC(=O)O)cc1. The van der Waals surface area contributed by atoms with Crippen molar-refractivity contribution in [1.29, 1.82) is 0 Å². The van der Waals surface area contributed by atoms with E-state index in [1.165, 1.54) is 0 Å². The van der Waals surface area contributed by atoms with Crippen molar-refractivity contribution in [2.75, 3.05) is 20.8 Å². The Morgan fingerprint density at radius 3 is 1.77 bits per heavy atom. The van der Waals surface area contributed by atoms with E-state index in [2.05, 4.69) is 5.32 Å². The minimum atomic E-state index is -1.02. The van der Waals surface area contributed by atoms with E-state index in [0.29, 0.717) is 26.1 Å². The number of nitrogens with one attached hydrogen (secondary N) is 1. The van der Waals surface area contributed by atoms with Crippen molar-refractivity contribution in [1.82, 2.24) is 10.2 Å². The van der Waals surface area contributed by atoms with Crippen molar-refractivity contribution < 1.29 is 24.2 Å². The van der Waals surface area contributed by atoms with Gasteiger partial charge in [-0.3, -0.25) is 4.79 Å². The number of nitrogens with zero attached hydrogens (tertiary/aromatic N) is 1. The van der Waals surface area contributed by atoms with Crippen molar-refractivity contribution in [3.63, 3.8) is 0 Å². The number of carbonyl (C=O) groups is 2. The van der Waals surface area contributed by atoms with E-state index in [-0.39, 0.29) is 5.91 Å². The molecule has 30 heavy (non-hydrogen) atoms. The number of hydrogen-bond acceptors (Lipinski definition) is 4. The third-order valence-electron chi connectivity index (χ3n) is 4.76. The highest BCUT2D eigenvalue weighted by Gasteiger charge is 2.15. The summed E-state index contributed by atoms with van der Waals surface area (Å²) >= 11 is 0. The van der Waals surface area contributed by atoms with Gasteiger partial charge in [-0.2, -0.15) is 0 Å². The maximum absolute atomic E-state index is 12.9. The molecular weight excluding hydrogens is 384 g/mol. The molecule has 0 aliphatic carbocycles. The summed E-state index contributed by atoms with van der Waals surface area (Å²) in [6, 6.07) is 15.4. The maximum Gasteiger partial charge on any atom is 0.404 e. The first-order chi connectivity index (χ1) is 14.5. The molecule has 2 amide bonds. The second-order valence-electron chi connectivity index (χ2n) is 6.99. The number of unbranched alkanes of at least 4 members (excludes halogenated alkanes) is 2. The highest BCUT2D eigenvalue weighted by atomic mass is 16.5. The normalized spacial score (nSPS) is 10.3. The Morgan fingerprint density at radius 1 is 0.833 bits per heavy atom. The summed E-state index contributed by atoms with van der Waals surface area (Å²) in [5.74, 6) is 1.64. The highest BCUT2D eigenvalue weighted by Crippen LogP contribution is 2.18. The van der Waals surface area contributed by atoms with Gasteiger partial charge in [-0.25, -0.2) is 4.79 Å². The molecule has 2 rings (SSSR count). The van der Waals surface area contributed by atoms with Crippen LogP contribution in [0, 0.1) is 0 Å². The van der Waals surface area contributed by atoms with Crippen molar-refractivity contribution in [3.8, 4) is 11.5 Å². The van der Waals surface area contributed by atoms with Crippen LogP contribution in [0.1, 0.15) is 36.8 Å². The van der Waals surface area contributed by atoms with Gasteiger partial charge in [-0.1, -0.05) is 30.7 Å². The fraction of sp³-hybridized carbons (Fsp3) is 0.391. The van der Waals surface area contributed by atoms with Gasteiger partial charge < -0.3 is 24.8 Å². The summed E-state index contributed by atoms with van der Waals surface area (Å²) in [5, 5.41) is 10.9. The standard InChI is InChI=1S/C23H30N2O5/c1-29-20-11-7-18(8-12-20)16-25(17-19-9-13-21(30-2)14-10-19)22(26)6-4-3-5-15-24-23(27)28/h7-14,24H,3-6,15-17H2,1-2H3,(H,27,28). The third kappa shape index (κ3) is 8.03. The van der Waals surface area contributed by atoms with Crippen LogP contribution in [0.3, 0.4) is 0 Å². The van der Waals surface area contributed by atoms with Crippen molar-refractivity contribution in [2.24, 2.45) is 0 Å². The molecule has 7 nitrogen and oxygen atoms in total. The number of carbonyl (C=O) groups excluding carboxylic acids is 1. The Labute approximate surface area is 177 Å². The molecule has 0 bridgehead atoms. The van der Waals surface area contributed by atoms with E-state index in [0.717, 1.165) is 41.9 Å². The Balaban J connectivity index is 1.97. The molecule has 7 heteroatoms. The van der Waals surface area contributed by atoms with Crippen molar-refractivity contribution in [2.45, 2.75) is 38.8 Å². The average molecular weight is 415 g/mol. The van der Waals surface area contributed by atoms with E-state index in [1.807, 2.05) is 53.4 Å². The van der Waals surface area contributed by atoms with Gasteiger partial charge in [0.25, 0.3) is 0 Å². The smallest absolute Gasteiger partial charge is 0.404 e. The molecule has 0 aliphatic rings. The monoisotopic (exact) mass is 414 g/mol. The predicted octanol–water partition coefficient (Wildman–Crippen LogP) is 4.06. The Hall–Kier alpha value is -3.22. The summed E-state index contributed by atoms with van der Waals surface area (Å²) in [5.41, 5.74) is 2.06. The number of benzene rings is 2. The average Bonchev–Trinajstić information content (AvgIpc) is 2.76. The molecule has 0 radical (unpaired) electrons. The van der Waals surface area contributed by atoms with Crippen LogP contribution in [0.4, 0.5) is 4.79 Å². The molecule has 0 aliphatic heterocycles. The second-order valence-corrected chi connectivity index (χ2v) is 6.99. The molecule has 0 atom stereocenters. The first kappa shape index (κ1) is 23.1. The Morgan fingerprint density at radius 2 is 1.33 bits per heavy atom. The molecule has 0 saturated heterocycles. The maximum atomic E-state index is 12.9. The second kappa shape index (κ2) is 12.4. The third-order valence-corrected chi connectivity index (χ3v) is 4.76. The molecule has 0 spiro atoms. The zero-order valence-corrected chi connectivity index (χ0v) is 17.6. The van der Waals surface area contributed by atoms with Gasteiger partial charge in [-0.15, -0.1) is 0 Å². The lowest BCUT2D eigenvalue weighted by atomic mass is 10.1. The molecule has 162 valence electrons. The first-order valence-electron chi connectivity index (χ1n) is 10.0. The van der Waals surface area contributed by atoms with Crippen LogP contribution in [0.2, 0.25) is 0 Å². The number of hydrogen-bond donors (Lipinski definition) is 2. The summed E-state index contributed by atoms with van der Waals surface area (Å²) in [7, 11) is 3.25. The summed E-state index contributed by atoms with van der Waals surface area (Å²) < 4.78 is 10.4. The number of methoxy groups -OCH3 is 2. The van der Waals surface area contributed by atoms with E-state index in [9.17, 15) is 9.59 Å². The zero-order valence-electron chi connectivity index (χ0n) is 17.6. The summed E-state index contributed by atoms with van der Waals surface area (Å²) in [6.07, 6.45) is 1.65. The van der Waals surface area contributed by atoms with Crippen LogP contribution in [0.15, 0.2) is 48.5 Å². The number of amides is 2. The van der Waals surface area contributed by atoms with E-state index >= 15 is 0 Å². The lowest BCUT2D eigenvalue weighted by molar-refractivity contribution is -0.132.